The SMILES string of the molecule is O/N=C1/c2cccc(Br)c2CCC1Cn1cncn1. The standard InChI is InChI=1S/C13H13BrN4O/c14-12-3-1-2-11-10(12)5-4-9(13(11)17-19)6-18-8-15-7-16-18/h1-3,7-9,19H,4-6H2/b17-13+. The number of benzene rings is 1. The van der Waals surface area contributed by atoms with Crippen LogP contribution in [0.3, 0.4) is 0 Å². The number of hydrogen-bond acceptors (Lipinski definition) is 4. The van der Waals surface area contributed by atoms with Crippen LogP contribution in [-0.4, -0.2) is 25.7 Å². The quantitative estimate of drug-likeness (QED) is 0.683. The minimum atomic E-state index is 0.161. The van der Waals surface area contributed by atoms with Crippen LogP contribution in [0.5, 0.6) is 0 Å². The van der Waals surface area contributed by atoms with Crippen LogP contribution < -0.4 is 0 Å². The van der Waals surface area contributed by atoms with Gasteiger partial charge in [-0.15, -0.1) is 0 Å². The van der Waals surface area contributed by atoms with E-state index in [1.807, 2.05) is 18.2 Å². The smallest absolute Gasteiger partial charge is 0.137 e. The Morgan fingerprint density at radius 3 is 3.11 bits per heavy atom. The van der Waals surface area contributed by atoms with Crippen molar-refractivity contribution in [3.8, 4) is 0 Å². The van der Waals surface area contributed by atoms with Crippen LogP contribution in [0.4, 0.5) is 0 Å². The van der Waals surface area contributed by atoms with Crippen molar-refractivity contribution >= 4 is 21.6 Å². The van der Waals surface area contributed by atoms with E-state index in [-0.39, 0.29) is 5.92 Å². The summed E-state index contributed by atoms with van der Waals surface area (Å²) in [4.78, 5) is 3.94. The summed E-state index contributed by atoms with van der Waals surface area (Å²) in [6.07, 6.45) is 5.11. The van der Waals surface area contributed by atoms with E-state index in [1.54, 1.807) is 11.0 Å². The fourth-order valence-electron chi connectivity index (χ4n) is 2.59. The molecule has 0 amide bonds. The highest BCUT2D eigenvalue weighted by atomic mass is 79.9. The molecule has 19 heavy (non-hydrogen) atoms. The summed E-state index contributed by atoms with van der Waals surface area (Å²) in [5.41, 5.74) is 2.97. The van der Waals surface area contributed by atoms with E-state index in [2.05, 4.69) is 31.2 Å². The molecule has 0 bridgehead atoms. The highest BCUT2D eigenvalue weighted by Crippen LogP contribution is 2.31. The van der Waals surface area contributed by atoms with Gasteiger partial charge in [-0.2, -0.15) is 5.10 Å². The van der Waals surface area contributed by atoms with Crippen molar-refractivity contribution in [1.29, 1.82) is 0 Å². The maximum Gasteiger partial charge on any atom is 0.137 e. The molecule has 5 nitrogen and oxygen atoms in total. The molecule has 1 N–H and O–H groups in total. The van der Waals surface area contributed by atoms with E-state index in [0.717, 1.165) is 28.6 Å². The van der Waals surface area contributed by atoms with E-state index in [0.29, 0.717) is 6.54 Å². The van der Waals surface area contributed by atoms with Crippen molar-refractivity contribution in [3.63, 3.8) is 0 Å². The molecule has 0 aliphatic heterocycles. The third-order valence-corrected chi connectivity index (χ3v) is 4.25. The molecule has 0 fully saturated rings. The van der Waals surface area contributed by atoms with Crippen molar-refractivity contribution in [2.24, 2.45) is 11.1 Å². The van der Waals surface area contributed by atoms with E-state index in [9.17, 15) is 5.21 Å². The highest BCUT2D eigenvalue weighted by Gasteiger charge is 2.27. The first kappa shape index (κ1) is 12.3. The zero-order valence-electron chi connectivity index (χ0n) is 10.2. The molecular weight excluding hydrogens is 308 g/mol. The predicted octanol–water partition coefficient (Wildman–Crippen LogP) is 2.48. The maximum atomic E-state index is 9.36. The molecule has 1 atom stereocenters. The van der Waals surface area contributed by atoms with Crippen LogP contribution >= 0.6 is 15.9 Å². The molecule has 1 aliphatic carbocycles. The summed E-state index contributed by atoms with van der Waals surface area (Å²) in [5, 5.41) is 17.0. The van der Waals surface area contributed by atoms with E-state index >= 15 is 0 Å². The lowest BCUT2D eigenvalue weighted by Crippen LogP contribution is -2.27. The molecule has 1 aromatic carbocycles. The van der Waals surface area contributed by atoms with Gasteiger partial charge in [0.15, 0.2) is 0 Å². The van der Waals surface area contributed by atoms with E-state index in [1.165, 1.54) is 11.9 Å². The number of rotatable bonds is 2. The van der Waals surface area contributed by atoms with Crippen molar-refractivity contribution in [1.82, 2.24) is 14.8 Å². The monoisotopic (exact) mass is 320 g/mol. The molecule has 0 spiro atoms. The first-order valence-electron chi connectivity index (χ1n) is 6.11. The Kier molecular flexibility index (Phi) is 3.33. The van der Waals surface area contributed by atoms with Gasteiger partial charge in [-0.05, 0) is 24.5 Å². The number of halogens is 1. The summed E-state index contributed by atoms with van der Waals surface area (Å²) in [7, 11) is 0. The molecule has 6 heteroatoms. The van der Waals surface area contributed by atoms with Crippen molar-refractivity contribution in [2.45, 2.75) is 19.4 Å². The molecule has 1 unspecified atom stereocenters. The van der Waals surface area contributed by atoms with Crippen LogP contribution in [0.15, 0.2) is 40.5 Å². The Labute approximate surface area is 119 Å². The van der Waals surface area contributed by atoms with Crippen molar-refractivity contribution < 1.29 is 5.21 Å². The molecule has 1 aliphatic rings. The Hall–Kier alpha value is -1.69. The second-order valence-corrected chi connectivity index (χ2v) is 5.46. The van der Waals surface area contributed by atoms with E-state index < -0.39 is 0 Å². The fourth-order valence-corrected chi connectivity index (χ4v) is 3.16. The molecule has 3 rings (SSSR count). The summed E-state index contributed by atoms with van der Waals surface area (Å²) in [5.74, 6) is 0.161. The van der Waals surface area contributed by atoms with Gasteiger partial charge >= 0.3 is 0 Å². The molecule has 98 valence electrons. The molecule has 1 heterocycles. The molecule has 0 radical (unpaired) electrons. The minimum Gasteiger partial charge on any atom is -0.411 e. The van der Waals surface area contributed by atoms with Crippen molar-refractivity contribution in [3.05, 3.63) is 46.5 Å². The number of oxime groups is 1. The summed E-state index contributed by atoms with van der Waals surface area (Å²) >= 11 is 3.56. The van der Waals surface area contributed by atoms with Gasteiger partial charge in [0, 0.05) is 16.0 Å². The average Bonchev–Trinajstić information content (AvgIpc) is 2.92. The first-order chi connectivity index (χ1) is 9.29. The molecular formula is C13H13BrN4O. The Morgan fingerprint density at radius 1 is 1.47 bits per heavy atom. The number of nitrogens with zero attached hydrogens (tertiary/aromatic N) is 4. The average molecular weight is 321 g/mol. The molecule has 0 saturated carbocycles. The van der Waals surface area contributed by atoms with Crippen LogP contribution in [0.25, 0.3) is 0 Å². The van der Waals surface area contributed by atoms with Gasteiger partial charge in [-0.3, -0.25) is 4.68 Å². The van der Waals surface area contributed by atoms with Crippen LogP contribution in [0.1, 0.15) is 17.5 Å². The Balaban J connectivity index is 1.94. The zero-order chi connectivity index (χ0) is 13.2. The lowest BCUT2D eigenvalue weighted by molar-refractivity contribution is 0.311. The lowest BCUT2D eigenvalue weighted by atomic mass is 9.82. The fraction of sp³-hybridized carbons (Fsp3) is 0.308. The summed E-state index contributed by atoms with van der Waals surface area (Å²) in [6.45, 7) is 0.686. The van der Waals surface area contributed by atoms with Crippen LogP contribution in [-0.2, 0) is 13.0 Å². The lowest BCUT2D eigenvalue weighted by Gasteiger charge is -2.26. The normalized spacial score (nSPS) is 20.5. The molecule has 1 aromatic heterocycles. The Morgan fingerprint density at radius 2 is 2.37 bits per heavy atom. The number of aromatic nitrogens is 3. The van der Waals surface area contributed by atoms with Crippen molar-refractivity contribution in [2.75, 3.05) is 0 Å². The second-order valence-electron chi connectivity index (χ2n) is 4.60. The highest BCUT2D eigenvalue weighted by molar-refractivity contribution is 9.10. The van der Waals surface area contributed by atoms with Gasteiger partial charge in [0.25, 0.3) is 0 Å². The largest absolute Gasteiger partial charge is 0.411 e. The third-order valence-electron chi connectivity index (χ3n) is 3.51. The van der Waals surface area contributed by atoms with Gasteiger partial charge in [-0.1, -0.05) is 33.2 Å². The van der Waals surface area contributed by atoms with Gasteiger partial charge in [0.1, 0.15) is 12.7 Å². The van der Waals surface area contributed by atoms with Crippen LogP contribution in [0.2, 0.25) is 0 Å². The van der Waals surface area contributed by atoms with Gasteiger partial charge < -0.3 is 5.21 Å². The van der Waals surface area contributed by atoms with E-state index in [4.69, 9.17) is 0 Å². The second kappa shape index (κ2) is 5.13. The summed E-state index contributed by atoms with van der Waals surface area (Å²) < 4.78 is 2.85. The summed E-state index contributed by atoms with van der Waals surface area (Å²) in [6, 6.07) is 5.99. The minimum absolute atomic E-state index is 0.161. The topological polar surface area (TPSA) is 63.3 Å². The number of fused-ring (bicyclic) bond motifs is 1. The van der Waals surface area contributed by atoms with Gasteiger partial charge in [-0.25, -0.2) is 4.98 Å². The van der Waals surface area contributed by atoms with Crippen LogP contribution in [0, 0.1) is 5.92 Å². The molecule has 0 saturated heterocycles. The number of hydrogen-bond donors (Lipinski definition) is 1. The third kappa shape index (κ3) is 2.28. The van der Waals surface area contributed by atoms with Gasteiger partial charge in [0.05, 0.1) is 12.3 Å². The maximum absolute atomic E-state index is 9.36. The Bertz CT molecular complexity index is 609. The first-order valence-corrected chi connectivity index (χ1v) is 6.91. The zero-order valence-corrected chi connectivity index (χ0v) is 11.8. The predicted molar refractivity (Wildman–Crippen MR) is 74.3 cm³/mol. The molecule has 2 aromatic rings. The van der Waals surface area contributed by atoms with Gasteiger partial charge in [0.2, 0.25) is 0 Å².